The summed E-state index contributed by atoms with van der Waals surface area (Å²) < 4.78 is 13.1. The maximum Gasteiger partial charge on any atom is 0.123 e. The van der Waals surface area contributed by atoms with Crippen molar-refractivity contribution < 1.29 is 4.39 Å². The fraction of sp³-hybridized carbons (Fsp3) is 0.231. The molecule has 1 atom stereocenters. The van der Waals surface area contributed by atoms with Gasteiger partial charge in [-0.2, -0.15) is 0 Å². The first-order valence-corrected chi connectivity index (χ1v) is 6.03. The minimum Gasteiger partial charge on any atom is -0.321 e. The third-order valence-electron chi connectivity index (χ3n) is 2.61. The van der Waals surface area contributed by atoms with E-state index in [1.54, 1.807) is 17.4 Å². The third-order valence-corrected chi connectivity index (χ3v) is 3.48. The van der Waals surface area contributed by atoms with Gasteiger partial charge in [-0.15, -0.1) is 11.3 Å². The predicted octanol–water partition coefficient (Wildman–Crippen LogP) is 3.30. The van der Waals surface area contributed by atoms with Crippen molar-refractivity contribution >= 4 is 11.3 Å². The Labute approximate surface area is 98.7 Å². The summed E-state index contributed by atoms with van der Waals surface area (Å²) in [5.41, 5.74) is 6.55. The normalized spacial score (nSPS) is 14.7. The zero-order valence-electron chi connectivity index (χ0n) is 9.11. The molecule has 1 heterocycles. The monoisotopic (exact) mass is 235 g/mol. The number of halogens is 1. The van der Waals surface area contributed by atoms with Gasteiger partial charge in [-0.05, 0) is 36.1 Å². The molecule has 0 aliphatic carbocycles. The van der Waals surface area contributed by atoms with E-state index >= 15 is 0 Å². The van der Waals surface area contributed by atoms with E-state index in [0.717, 1.165) is 12.0 Å². The average molecular weight is 235 g/mol. The van der Waals surface area contributed by atoms with E-state index in [-0.39, 0.29) is 5.82 Å². The zero-order valence-corrected chi connectivity index (χ0v) is 9.93. The number of rotatable bonds is 3. The van der Waals surface area contributed by atoms with E-state index in [9.17, 15) is 4.39 Å². The van der Waals surface area contributed by atoms with Gasteiger partial charge in [0.05, 0.1) is 0 Å². The molecule has 0 amide bonds. The van der Waals surface area contributed by atoms with Crippen molar-refractivity contribution in [2.45, 2.75) is 18.9 Å². The second kappa shape index (κ2) is 4.36. The minimum absolute atomic E-state index is 0.236. The van der Waals surface area contributed by atoms with Gasteiger partial charge in [0.15, 0.2) is 0 Å². The lowest BCUT2D eigenvalue weighted by Gasteiger charge is -2.24. The van der Waals surface area contributed by atoms with Crippen LogP contribution >= 0.6 is 11.3 Å². The number of thiophene rings is 1. The quantitative estimate of drug-likeness (QED) is 0.868. The summed E-state index contributed by atoms with van der Waals surface area (Å²) in [5.74, 6) is -0.236. The van der Waals surface area contributed by atoms with Crippen molar-refractivity contribution in [1.29, 1.82) is 0 Å². The molecule has 0 saturated heterocycles. The van der Waals surface area contributed by atoms with Crippen LogP contribution in [-0.2, 0) is 12.0 Å². The molecule has 0 fully saturated rings. The molecule has 0 bridgehead atoms. The fourth-order valence-corrected chi connectivity index (χ4v) is 2.59. The summed E-state index contributed by atoms with van der Waals surface area (Å²) in [6.45, 7) is 1.93. The zero-order chi connectivity index (χ0) is 11.6. The molecular formula is C13H14FNS. The Balaban J connectivity index is 2.24. The molecule has 1 aromatic carbocycles. The summed E-state index contributed by atoms with van der Waals surface area (Å²) in [5, 5.41) is 2.02. The van der Waals surface area contributed by atoms with Gasteiger partial charge in [0.1, 0.15) is 5.82 Å². The Kier molecular flexibility index (Phi) is 3.08. The Morgan fingerprint density at radius 1 is 1.31 bits per heavy atom. The van der Waals surface area contributed by atoms with Crippen LogP contribution < -0.4 is 5.73 Å². The standard InChI is InChI=1S/C13H14FNS/c1-13(15,9-12-6-3-7-16-12)10-4-2-5-11(14)8-10/h2-8H,9,15H2,1H3. The summed E-state index contributed by atoms with van der Waals surface area (Å²) in [6.07, 6.45) is 0.730. The Hall–Kier alpha value is -1.19. The van der Waals surface area contributed by atoms with Crippen LogP contribution in [0.15, 0.2) is 41.8 Å². The summed E-state index contributed by atoms with van der Waals surface area (Å²) >= 11 is 1.67. The molecule has 0 saturated carbocycles. The van der Waals surface area contributed by atoms with Crippen LogP contribution in [0.25, 0.3) is 0 Å². The molecule has 0 aliphatic heterocycles. The van der Waals surface area contributed by atoms with Gasteiger partial charge >= 0.3 is 0 Å². The fourth-order valence-electron chi connectivity index (χ4n) is 1.72. The summed E-state index contributed by atoms with van der Waals surface area (Å²) in [4.78, 5) is 1.22. The first-order valence-electron chi connectivity index (χ1n) is 5.15. The molecule has 2 aromatic rings. The highest BCUT2D eigenvalue weighted by atomic mass is 32.1. The van der Waals surface area contributed by atoms with Gasteiger partial charge in [-0.1, -0.05) is 18.2 Å². The summed E-state index contributed by atoms with van der Waals surface area (Å²) in [6, 6.07) is 10.6. The third kappa shape index (κ3) is 2.49. The van der Waals surface area contributed by atoms with Crippen LogP contribution in [0.2, 0.25) is 0 Å². The van der Waals surface area contributed by atoms with Crippen molar-refractivity contribution in [1.82, 2.24) is 0 Å². The first kappa shape index (κ1) is 11.3. The molecule has 1 unspecified atom stereocenters. The lowest BCUT2D eigenvalue weighted by Crippen LogP contribution is -2.35. The second-order valence-corrected chi connectivity index (χ2v) is 5.22. The van der Waals surface area contributed by atoms with Gasteiger partial charge in [0.2, 0.25) is 0 Å². The minimum atomic E-state index is -0.521. The van der Waals surface area contributed by atoms with Crippen LogP contribution in [0.5, 0.6) is 0 Å². The van der Waals surface area contributed by atoms with Crippen molar-refractivity contribution in [2.24, 2.45) is 5.73 Å². The number of benzene rings is 1. The molecular weight excluding hydrogens is 221 g/mol. The van der Waals surface area contributed by atoms with Gasteiger partial charge in [0, 0.05) is 16.8 Å². The number of hydrogen-bond acceptors (Lipinski definition) is 2. The van der Waals surface area contributed by atoms with Gasteiger partial charge in [0.25, 0.3) is 0 Å². The van der Waals surface area contributed by atoms with Crippen LogP contribution in [0.4, 0.5) is 4.39 Å². The highest BCUT2D eigenvalue weighted by molar-refractivity contribution is 7.09. The molecule has 0 spiro atoms. The van der Waals surface area contributed by atoms with Crippen LogP contribution in [0.1, 0.15) is 17.4 Å². The van der Waals surface area contributed by atoms with Crippen molar-refractivity contribution in [3.63, 3.8) is 0 Å². The van der Waals surface area contributed by atoms with Gasteiger partial charge < -0.3 is 5.73 Å². The van der Waals surface area contributed by atoms with E-state index in [4.69, 9.17) is 5.73 Å². The first-order chi connectivity index (χ1) is 7.58. The predicted molar refractivity (Wildman–Crippen MR) is 66.0 cm³/mol. The Morgan fingerprint density at radius 3 is 2.75 bits per heavy atom. The topological polar surface area (TPSA) is 26.0 Å². The van der Waals surface area contributed by atoms with Crippen molar-refractivity contribution in [3.8, 4) is 0 Å². The van der Waals surface area contributed by atoms with Crippen molar-refractivity contribution in [2.75, 3.05) is 0 Å². The van der Waals surface area contributed by atoms with Gasteiger partial charge in [-0.3, -0.25) is 0 Å². The van der Waals surface area contributed by atoms with Crippen LogP contribution in [0, 0.1) is 5.82 Å². The molecule has 0 aliphatic rings. The van der Waals surface area contributed by atoms with Crippen molar-refractivity contribution in [3.05, 3.63) is 58.0 Å². The van der Waals surface area contributed by atoms with Crippen LogP contribution in [-0.4, -0.2) is 0 Å². The highest BCUT2D eigenvalue weighted by Gasteiger charge is 2.22. The molecule has 84 valence electrons. The maximum absolute atomic E-state index is 13.1. The lowest BCUT2D eigenvalue weighted by atomic mass is 9.89. The summed E-state index contributed by atoms with van der Waals surface area (Å²) in [7, 11) is 0. The van der Waals surface area contributed by atoms with E-state index < -0.39 is 5.54 Å². The average Bonchev–Trinajstić information content (AvgIpc) is 2.70. The smallest absolute Gasteiger partial charge is 0.123 e. The number of nitrogens with two attached hydrogens (primary N) is 1. The van der Waals surface area contributed by atoms with Gasteiger partial charge in [-0.25, -0.2) is 4.39 Å². The van der Waals surface area contributed by atoms with E-state index in [1.807, 2.05) is 24.4 Å². The van der Waals surface area contributed by atoms with E-state index in [2.05, 4.69) is 6.07 Å². The largest absolute Gasteiger partial charge is 0.321 e. The molecule has 2 N–H and O–H groups in total. The Bertz CT molecular complexity index is 463. The van der Waals surface area contributed by atoms with E-state index in [1.165, 1.54) is 17.0 Å². The lowest BCUT2D eigenvalue weighted by molar-refractivity contribution is 0.490. The highest BCUT2D eigenvalue weighted by Crippen LogP contribution is 2.25. The molecule has 1 nitrogen and oxygen atoms in total. The second-order valence-electron chi connectivity index (χ2n) is 4.18. The number of hydrogen-bond donors (Lipinski definition) is 1. The molecule has 0 radical (unpaired) electrons. The van der Waals surface area contributed by atoms with E-state index in [0.29, 0.717) is 0 Å². The SMILES string of the molecule is CC(N)(Cc1cccs1)c1cccc(F)c1. The van der Waals surface area contributed by atoms with Crippen LogP contribution in [0.3, 0.4) is 0 Å². The Morgan fingerprint density at radius 2 is 2.12 bits per heavy atom. The molecule has 3 heteroatoms. The molecule has 1 aromatic heterocycles. The maximum atomic E-state index is 13.1. The molecule has 2 rings (SSSR count). The molecule has 16 heavy (non-hydrogen) atoms.